The molecule has 2 amide bonds. The first-order chi connectivity index (χ1) is 15.6. The molecule has 11 heteroatoms. The zero-order valence-corrected chi connectivity index (χ0v) is 18.1. The van der Waals surface area contributed by atoms with Crippen molar-refractivity contribution in [1.29, 1.82) is 0 Å². The van der Waals surface area contributed by atoms with E-state index in [4.69, 9.17) is 23.2 Å². The molecule has 166 valence electrons. The van der Waals surface area contributed by atoms with Crippen molar-refractivity contribution >= 4 is 51.7 Å². The molecule has 5 rings (SSSR count). The zero-order chi connectivity index (χ0) is 23.7. The van der Waals surface area contributed by atoms with Crippen molar-refractivity contribution in [3.63, 3.8) is 0 Å². The maximum atomic E-state index is 13.4. The minimum absolute atomic E-state index is 0.0200. The van der Waals surface area contributed by atoms with Crippen LogP contribution >= 0.6 is 23.2 Å². The van der Waals surface area contributed by atoms with E-state index in [1.54, 1.807) is 31.3 Å². The second-order valence-electron chi connectivity index (χ2n) is 7.33. The largest absolute Gasteiger partial charge is 0.417 e. The van der Waals surface area contributed by atoms with Gasteiger partial charge in [-0.15, -0.1) is 0 Å². The zero-order valence-electron chi connectivity index (χ0n) is 16.6. The summed E-state index contributed by atoms with van der Waals surface area (Å²) in [6, 6.07) is 9.58. The van der Waals surface area contributed by atoms with Crippen LogP contribution in [0, 0.1) is 0 Å². The Hall–Kier alpha value is -3.43. The number of imide groups is 1. The van der Waals surface area contributed by atoms with Crippen LogP contribution in [0.5, 0.6) is 0 Å². The van der Waals surface area contributed by atoms with Gasteiger partial charge in [-0.25, -0.2) is 14.6 Å². The summed E-state index contributed by atoms with van der Waals surface area (Å²) in [5.41, 5.74) is -0.0411. The fraction of sp³-hybridized carbons (Fsp3) is 0.0909. The molecule has 0 bridgehead atoms. The second kappa shape index (κ2) is 7.29. The number of aryl methyl sites for hydroxylation is 1. The van der Waals surface area contributed by atoms with Gasteiger partial charge in [-0.3, -0.25) is 9.59 Å². The van der Waals surface area contributed by atoms with Crippen LogP contribution in [0.4, 0.5) is 18.9 Å². The maximum Gasteiger partial charge on any atom is 0.417 e. The van der Waals surface area contributed by atoms with Crippen LogP contribution in [0.25, 0.3) is 22.3 Å². The lowest BCUT2D eigenvalue weighted by atomic mass is 10.0. The number of carbonyl (C=O) groups excluding carboxylic acids is 2. The number of halogens is 5. The number of carbonyl (C=O) groups is 2. The molecule has 2 aromatic carbocycles. The molecule has 0 saturated heterocycles. The summed E-state index contributed by atoms with van der Waals surface area (Å²) in [6.07, 6.45) is -3.53. The topological polar surface area (TPSA) is 68.1 Å². The fourth-order valence-corrected chi connectivity index (χ4v) is 4.19. The average molecular weight is 491 g/mol. The number of hydrogen-bond donors (Lipinski definition) is 0. The number of aromatic nitrogens is 3. The van der Waals surface area contributed by atoms with Gasteiger partial charge in [-0.05, 0) is 30.3 Å². The number of hydrogen-bond acceptors (Lipinski definition) is 4. The summed E-state index contributed by atoms with van der Waals surface area (Å²) >= 11 is 11.7. The highest BCUT2D eigenvalue weighted by molar-refractivity contribution is 6.38. The molecule has 0 aliphatic carbocycles. The molecule has 1 aliphatic heterocycles. The minimum Gasteiger partial charge on any atom is -0.268 e. The van der Waals surface area contributed by atoms with Crippen molar-refractivity contribution in [2.75, 3.05) is 4.90 Å². The van der Waals surface area contributed by atoms with Gasteiger partial charge < -0.3 is 0 Å². The van der Waals surface area contributed by atoms with Gasteiger partial charge in [0.05, 0.1) is 32.8 Å². The van der Waals surface area contributed by atoms with Crippen molar-refractivity contribution in [2.24, 2.45) is 7.05 Å². The molecule has 33 heavy (non-hydrogen) atoms. The van der Waals surface area contributed by atoms with Crippen LogP contribution < -0.4 is 4.90 Å². The standard InChI is InChI=1S/C22H11Cl2F3N4O2/c1-30-19-17(18(29-30)10-2-4-11(23)5-3-10)16-13(9-28-19)20(32)31(21(16)33)12-6-7-15(24)14(8-12)22(25,26)27/h2-9H,1H3. The lowest BCUT2D eigenvalue weighted by Gasteiger charge is -2.17. The van der Waals surface area contributed by atoms with Crippen LogP contribution in [0.1, 0.15) is 26.3 Å². The summed E-state index contributed by atoms with van der Waals surface area (Å²) in [6.45, 7) is 0. The quantitative estimate of drug-likeness (QED) is 0.335. The van der Waals surface area contributed by atoms with Crippen molar-refractivity contribution in [2.45, 2.75) is 6.18 Å². The van der Waals surface area contributed by atoms with Gasteiger partial charge in [0.2, 0.25) is 0 Å². The monoisotopic (exact) mass is 490 g/mol. The summed E-state index contributed by atoms with van der Waals surface area (Å²) in [4.78, 5) is 31.5. The highest BCUT2D eigenvalue weighted by atomic mass is 35.5. The third kappa shape index (κ3) is 3.27. The van der Waals surface area contributed by atoms with E-state index in [2.05, 4.69) is 10.1 Å². The molecule has 0 unspecified atom stereocenters. The molecular weight excluding hydrogens is 480 g/mol. The van der Waals surface area contributed by atoms with E-state index in [-0.39, 0.29) is 16.8 Å². The SMILES string of the molecule is Cn1nc(-c2ccc(Cl)cc2)c2c3c(cnc21)C(=O)N(c1ccc(Cl)c(C(F)(F)F)c1)C3=O. The predicted molar refractivity (Wildman–Crippen MR) is 117 cm³/mol. The van der Waals surface area contributed by atoms with E-state index in [0.29, 0.717) is 38.3 Å². The maximum absolute atomic E-state index is 13.4. The Balaban J connectivity index is 1.71. The number of anilines is 1. The van der Waals surface area contributed by atoms with Gasteiger partial charge in [0.1, 0.15) is 5.69 Å². The van der Waals surface area contributed by atoms with Gasteiger partial charge >= 0.3 is 6.18 Å². The molecule has 0 N–H and O–H groups in total. The average Bonchev–Trinajstić information content (AvgIpc) is 3.22. The summed E-state index contributed by atoms with van der Waals surface area (Å²) in [5.74, 6) is -1.56. The third-order valence-electron chi connectivity index (χ3n) is 5.33. The molecule has 6 nitrogen and oxygen atoms in total. The molecule has 0 saturated carbocycles. The highest BCUT2D eigenvalue weighted by Crippen LogP contribution is 2.40. The first-order valence-electron chi connectivity index (χ1n) is 9.45. The number of benzene rings is 2. The first kappa shape index (κ1) is 21.4. The summed E-state index contributed by atoms with van der Waals surface area (Å²) in [7, 11) is 1.63. The van der Waals surface area contributed by atoms with Crippen LogP contribution in [-0.4, -0.2) is 26.6 Å². The summed E-state index contributed by atoms with van der Waals surface area (Å²) in [5, 5.41) is 4.73. The lowest BCUT2D eigenvalue weighted by Crippen LogP contribution is -2.29. The van der Waals surface area contributed by atoms with Gasteiger partial charge in [-0.1, -0.05) is 35.3 Å². The number of nitrogens with zero attached hydrogens (tertiary/aromatic N) is 4. The predicted octanol–water partition coefficient (Wildman–Crippen LogP) is 5.76. The molecule has 0 atom stereocenters. The van der Waals surface area contributed by atoms with Gasteiger partial charge in [0.25, 0.3) is 11.8 Å². The van der Waals surface area contributed by atoms with E-state index in [1.165, 1.54) is 16.9 Å². The van der Waals surface area contributed by atoms with Crippen molar-refractivity contribution in [1.82, 2.24) is 14.8 Å². The van der Waals surface area contributed by atoms with Crippen molar-refractivity contribution in [3.8, 4) is 11.3 Å². The molecule has 1 aliphatic rings. The fourth-order valence-electron chi connectivity index (χ4n) is 3.84. The van der Waals surface area contributed by atoms with Crippen molar-refractivity contribution < 1.29 is 22.8 Å². The third-order valence-corrected chi connectivity index (χ3v) is 5.92. The van der Waals surface area contributed by atoms with E-state index < -0.39 is 28.6 Å². The number of alkyl halides is 3. The van der Waals surface area contributed by atoms with Crippen LogP contribution in [0.3, 0.4) is 0 Å². The van der Waals surface area contributed by atoms with Gasteiger partial charge in [0, 0.05) is 23.8 Å². The Morgan fingerprint density at radius 2 is 1.67 bits per heavy atom. The van der Waals surface area contributed by atoms with Crippen LogP contribution in [0.2, 0.25) is 10.0 Å². The van der Waals surface area contributed by atoms with E-state index in [1.807, 2.05) is 0 Å². The molecule has 0 spiro atoms. The Morgan fingerprint density at radius 1 is 0.970 bits per heavy atom. The van der Waals surface area contributed by atoms with E-state index in [0.717, 1.165) is 6.07 Å². The minimum atomic E-state index is -4.76. The Kier molecular flexibility index (Phi) is 4.73. The Morgan fingerprint density at radius 3 is 2.33 bits per heavy atom. The highest BCUT2D eigenvalue weighted by Gasteiger charge is 2.42. The normalized spacial score (nSPS) is 13.8. The van der Waals surface area contributed by atoms with Crippen LogP contribution in [-0.2, 0) is 13.2 Å². The number of rotatable bonds is 2. The Bertz CT molecular complexity index is 1480. The second-order valence-corrected chi connectivity index (χ2v) is 8.18. The molecule has 4 aromatic rings. The van der Waals surface area contributed by atoms with Crippen molar-refractivity contribution in [3.05, 3.63) is 75.4 Å². The molecule has 3 heterocycles. The van der Waals surface area contributed by atoms with Gasteiger partial charge in [-0.2, -0.15) is 18.3 Å². The van der Waals surface area contributed by atoms with Crippen LogP contribution in [0.15, 0.2) is 48.7 Å². The molecular formula is C22H11Cl2F3N4O2. The van der Waals surface area contributed by atoms with E-state index >= 15 is 0 Å². The van der Waals surface area contributed by atoms with E-state index in [9.17, 15) is 22.8 Å². The molecule has 2 aromatic heterocycles. The number of pyridine rings is 1. The molecule has 0 fully saturated rings. The number of fused-ring (bicyclic) bond motifs is 3. The first-order valence-corrected chi connectivity index (χ1v) is 10.2. The Labute approximate surface area is 194 Å². The summed E-state index contributed by atoms with van der Waals surface area (Å²) < 4.78 is 41.5. The molecule has 0 radical (unpaired) electrons. The number of amides is 2. The van der Waals surface area contributed by atoms with Gasteiger partial charge in [0.15, 0.2) is 5.65 Å². The lowest BCUT2D eigenvalue weighted by molar-refractivity contribution is -0.137. The smallest absolute Gasteiger partial charge is 0.268 e.